The van der Waals surface area contributed by atoms with Crippen molar-refractivity contribution >= 4 is 5.91 Å². The van der Waals surface area contributed by atoms with E-state index in [-0.39, 0.29) is 11.9 Å². The number of nitrogens with two attached hydrogens (primary N) is 1. The molecule has 1 aliphatic heterocycles. The van der Waals surface area contributed by atoms with Crippen molar-refractivity contribution in [2.45, 2.75) is 32.7 Å². The number of aryl methyl sites for hydroxylation is 2. The van der Waals surface area contributed by atoms with Crippen LogP contribution in [0.3, 0.4) is 0 Å². The Morgan fingerprint density at radius 1 is 1.24 bits per heavy atom. The van der Waals surface area contributed by atoms with Crippen molar-refractivity contribution in [3.63, 3.8) is 0 Å². The average Bonchev–Trinajstić information content (AvgIpc) is 2.49. The van der Waals surface area contributed by atoms with Gasteiger partial charge in [-0.2, -0.15) is 0 Å². The quantitative estimate of drug-likeness (QED) is 0.861. The van der Waals surface area contributed by atoms with E-state index >= 15 is 0 Å². The van der Waals surface area contributed by atoms with Crippen LogP contribution in [0.15, 0.2) is 24.3 Å². The highest BCUT2D eigenvalue weighted by Gasteiger charge is 2.23. The van der Waals surface area contributed by atoms with Crippen molar-refractivity contribution in [2.24, 2.45) is 5.73 Å². The fourth-order valence-corrected chi connectivity index (χ4v) is 2.94. The summed E-state index contributed by atoms with van der Waals surface area (Å²) in [5.41, 5.74) is 8.21. The Morgan fingerprint density at radius 3 is 2.52 bits per heavy atom. The molecular formula is C17H27N3O. The summed E-state index contributed by atoms with van der Waals surface area (Å²) in [4.78, 5) is 15.9. The molecule has 21 heavy (non-hydrogen) atoms. The lowest BCUT2D eigenvalue weighted by Gasteiger charge is -2.36. The Balaban J connectivity index is 1.70. The molecule has 2 rings (SSSR count). The van der Waals surface area contributed by atoms with Crippen molar-refractivity contribution in [1.29, 1.82) is 0 Å². The summed E-state index contributed by atoms with van der Waals surface area (Å²) < 4.78 is 0. The lowest BCUT2D eigenvalue weighted by atomic mass is 10.0. The molecule has 0 radical (unpaired) electrons. The van der Waals surface area contributed by atoms with Crippen LogP contribution < -0.4 is 5.73 Å². The summed E-state index contributed by atoms with van der Waals surface area (Å²) >= 11 is 0. The van der Waals surface area contributed by atoms with Crippen LogP contribution in [0.5, 0.6) is 0 Å². The second kappa shape index (κ2) is 7.57. The maximum atomic E-state index is 11.2. The van der Waals surface area contributed by atoms with Crippen LogP contribution >= 0.6 is 0 Å². The van der Waals surface area contributed by atoms with Crippen molar-refractivity contribution in [3.05, 3.63) is 35.4 Å². The zero-order chi connectivity index (χ0) is 15.2. The second-order valence-corrected chi connectivity index (χ2v) is 5.99. The highest BCUT2D eigenvalue weighted by Crippen LogP contribution is 2.11. The molecule has 0 unspecified atom stereocenters. The number of carbonyl (C=O) groups is 1. The third-order valence-electron chi connectivity index (χ3n) is 4.55. The van der Waals surface area contributed by atoms with Gasteiger partial charge in [0, 0.05) is 26.2 Å². The molecule has 1 heterocycles. The van der Waals surface area contributed by atoms with Gasteiger partial charge in [-0.1, -0.05) is 24.3 Å². The number of nitrogens with zero attached hydrogens (tertiary/aromatic N) is 2. The summed E-state index contributed by atoms with van der Waals surface area (Å²) in [5, 5.41) is 0. The minimum Gasteiger partial charge on any atom is -0.368 e. The monoisotopic (exact) mass is 289 g/mol. The van der Waals surface area contributed by atoms with E-state index in [1.165, 1.54) is 17.5 Å². The van der Waals surface area contributed by atoms with Crippen LogP contribution in [-0.2, 0) is 11.2 Å². The summed E-state index contributed by atoms with van der Waals surface area (Å²) in [6, 6.07) is 8.48. The smallest absolute Gasteiger partial charge is 0.234 e. The predicted octanol–water partition coefficient (Wildman–Crippen LogP) is 1.42. The lowest BCUT2D eigenvalue weighted by Crippen LogP contribution is -2.53. The molecule has 2 N–H and O–H groups in total. The Morgan fingerprint density at radius 2 is 1.90 bits per heavy atom. The molecule has 1 atom stereocenters. The number of hydrogen-bond donors (Lipinski definition) is 1. The van der Waals surface area contributed by atoms with Crippen molar-refractivity contribution in [2.75, 3.05) is 32.7 Å². The number of rotatable bonds is 6. The van der Waals surface area contributed by atoms with Gasteiger partial charge in [0.15, 0.2) is 0 Å². The van der Waals surface area contributed by atoms with Gasteiger partial charge in [0.2, 0.25) is 5.91 Å². The molecule has 1 aromatic rings. The van der Waals surface area contributed by atoms with Gasteiger partial charge in [0.1, 0.15) is 0 Å². The number of benzene rings is 1. The topological polar surface area (TPSA) is 49.6 Å². The summed E-state index contributed by atoms with van der Waals surface area (Å²) in [6.45, 7) is 9.16. The van der Waals surface area contributed by atoms with E-state index in [1.807, 2.05) is 6.92 Å². The predicted molar refractivity (Wildman–Crippen MR) is 86.2 cm³/mol. The van der Waals surface area contributed by atoms with Gasteiger partial charge in [-0.25, -0.2) is 0 Å². The van der Waals surface area contributed by atoms with Gasteiger partial charge in [-0.3, -0.25) is 9.69 Å². The molecule has 1 aromatic carbocycles. The van der Waals surface area contributed by atoms with Crippen molar-refractivity contribution < 1.29 is 4.79 Å². The third-order valence-corrected chi connectivity index (χ3v) is 4.55. The molecular weight excluding hydrogens is 262 g/mol. The summed E-state index contributed by atoms with van der Waals surface area (Å²) in [7, 11) is 0. The molecule has 0 saturated carbocycles. The maximum absolute atomic E-state index is 11.2. The molecule has 4 nitrogen and oxygen atoms in total. The van der Waals surface area contributed by atoms with Crippen molar-refractivity contribution in [3.8, 4) is 0 Å². The Hall–Kier alpha value is -1.39. The van der Waals surface area contributed by atoms with Gasteiger partial charge >= 0.3 is 0 Å². The zero-order valence-electron chi connectivity index (χ0n) is 13.2. The van der Waals surface area contributed by atoms with E-state index in [2.05, 4.69) is 41.0 Å². The van der Waals surface area contributed by atoms with Crippen molar-refractivity contribution in [1.82, 2.24) is 9.80 Å². The van der Waals surface area contributed by atoms with Crippen LogP contribution in [0.25, 0.3) is 0 Å². The van der Waals surface area contributed by atoms with Gasteiger partial charge in [-0.05, 0) is 44.4 Å². The van der Waals surface area contributed by atoms with Crippen LogP contribution in [0.4, 0.5) is 0 Å². The fraction of sp³-hybridized carbons (Fsp3) is 0.588. The number of piperazine rings is 1. The van der Waals surface area contributed by atoms with E-state index in [1.54, 1.807) is 0 Å². The molecule has 0 aliphatic carbocycles. The molecule has 0 aromatic heterocycles. The SMILES string of the molecule is Cc1ccccc1CCCN1CCN([C@@H](C)C(N)=O)CC1. The first kappa shape index (κ1) is 16.0. The normalized spacial score (nSPS) is 18.6. The van der Waals surface area contributed by atoms with Crippen LogP contribution in [-0.4, -0.2) is 54.5 Å². The minimum atomic E-state index is -0.219. The van der Waals surface area contributed by atoms with Gasteiger partial charge in [-0.15, -0.1) is 0 Å². The standard InChI is InChI=1S/C17H27N3O/c1-14-6-3-4-7-16(14)8-5-9-19-10-12-20(13-11-19)15(2)17(18)21/h3-4,6-7,15H,5,8-13H2,1-2H3,(H2,18,21)/t15-/m0/s1. The first-order valence-electron chi connectivity index (χ1n) is 7.88. The third kappa shape index (κ3) is 4.55. The average molecular weight is 289 g/mol. The van der Waals surface area contributed by atoms with Gasteiger partial charge < -0.3 is 10.6 Å². The Labute approximate surface area is 127 Å². The summed E-state index contributed by atoms with van der Waals surface area (Å²) in [6.07, 6.45) is 2.33. The lowest BCUT2D eigenvalue weighted by molar-refractivity contribution is -0.123. The maximum Gasteiger partial charge on any atom is 0.234 e. The first-order valence-corrected chi connectivity index (χ1v) is 7.88. The fourth-order valence-electron chi connectivity index (χ4n) is 2.94. The van der Waals surface area contributed by atoms with E-state index in [9.17, 15) is 4.79 Å². The van der Waals surface area contributed by atoms with E-state index in [0.29, 0.717) is 0 Å². The molecule has 1 fully saturated rings. The largest absolute Gasteiger partial charge is 0.368 e. The molecule has 0 spiro atoms. The minimum absolute atomic E-state index is 0.140. The molecule has 1 saturated heterocycles. The Bertz CT molecular complexity index is 467. The van der Waals surface area contributed by atoms with E-state index < -0.39 is 0 Å². The highest BCUT2D eigenvalue weighted by atomic mass is 16.1. The van der Waals surface area contributed by atoms with Crippen LogP contribution in [0.2, 0.25) is 0 Å². The molecule has 1 amide bonds. The zero-order valence-corrected chi connectivity index (χ0v) is 13.2. The van der Waals surface area contributed by atoms with E-state index in [4.69, 9.17) is 5.73 Å². The van der Waals surface area contributed by atoms with E-state index in [0.717, 1.165) is 39.1 Å². The van der Waals surface area contributed by atoms with Crippen LogP contribution in [0, 0.1) is 6.92 Å². The molecule has 4 heteroatoms. The second-order valence-electron chi connectivity index (χ2n) is 5.99. The molecule has 0 bridgehead atoms. The first-order chi connectivity index (χ1) is 10.1. The number of primary amides is 1. The molecule has 1 aliphatic rings. The molecule has 116 valence electrons. The van der Waals surface area contributed by atoms with Crippen LogP contribution in [0.1, 0.15) is 24.5 Å². The summed E-state index contributed by atoms with van der Waals surface area (Å²) in [5.74, 6) is -0.219. The van der Waals surface area contributed by atoms with Gasteiger partial charge in [0.25, 0.3) is 0 Å². The number of carbonyl (C=O) groups excluding carboxylic acids is 1. The van der Waals surface area contributed by atoms with Gasteiger partial charge in [0.05, 0.1) is 6.04 Å². The Kier molecular flexibility index (Phi) is 5.76. The highest BCUT2D eigenvalue weighted by molar-refractivity contribution is 5.79. The number of amides is 1. The number of hydrogen-bond acceptors (Lipinski definition) is 3.